The summed E-state index contributed by atoms with van der Waals surface area (Å²) < 4.78 is 1.73. The Morgan fingerprint density at radius 3 is 2.86 bits per heavy atom. The van der Waals surface area contributed by atoms with Crippen LogP contribution in [0.2, 0.25) is 0 Å². The van der Waals surface area contributed by atoms with Crippen molar-refractivity contribution in [1.29, 1.82) is 0 Å². The van der Waals surface area contributed by atoms with Gasteiger partial charge in [0.25, 0.3) is 0 Å². The van der Waals surface area contributed by atoms with Gasteiger partial charge in [-0.1, -0.05) is 18.2 Å². The summed E-state index contributed by atoms with van der Waals surface area (Å²) in [6.45, 7) is 3.99. The van der Waals surface area contributed by atoms with Crippen LogP contribution in [-0.4, -0.2) is 26.5 Å². The number of para-hydroxylation sites is 1. The fourth-order valence-corrected chi connectivity index (χ4v) is 2.45. The normalized spacial score (nSPS) is 11.4. The molecule has 0 aliphatic carbocycles. The van der Waals surface area contributed by atoms with Gasteiger partial charge in [0, 0.05) is 11.4 Å². The molecule has 0 aliphatic heterocycles. The summed E-state index contributed by atoms with van der Waals surface area (Å²) in [7, 11) is 0. The number of benzene rings is 1. The Kier molecular flexibility index (Phi) is 3.21. The molecule has 0 unspecified atom stereocenters. The number of carbonyl (C=O) groups is 1. The maximum atomic E-state index is 12.0. The summed E-state index contributed by atoms with van der Waals surface area (Å²) in [6.07, 6.45) is 1.69. The molecule has 0 spiro atoms. The highest BCUT2D eigenvalue weighted by molar-refractivity contribution is 6.03. The van der Waals surface area contributed by atoms with Crippen LogP contribution < -0.4 is 11.1 Å². The van der Waals surface area contributed by atoms with Crippen molar-refractivity contribution in [3.8, 4) is 0 Å². The zero-order valence-electron chi connectivity index (χ0n) is 12.0. The van der Waals surface area contributed by atoms with Crippen molar-refractivity contribution in [3.05, 3.63) is 30.5 Å². The van der Waals surface area contributed by atoms with Crippen LogP contribution in [0.15, 0.2) is 30.5 Å². The number of amides is 1. The molecule has 0 saturated heterocycles. The summed E-state index contributed by atoms with van der Waals surface area (Å²) in [4.78, 5) is 20.7. The third kappa shape index (κ3) is 2.40. The molecule has 6 nitrogen and oxygen atoms in total. The number of hydrogen-bond donors (Lipinski definition) is 2. The van der Waals surface area contributed by atoms with Gasteiger partial charge in [-0.15, -0.1) is 0 Å². The second-order valence-electron chi connectivity index (χ2n) is 5.29. The van der Waals surface area contributed by atoms with E-state index in [1.54, 1.807) is 10.8 Å². The largest absolute Gasteiger partial charge is 0.369 e. The van der Waals surface area contributed by atoms with Crippen molar-refractivity contribution in [3.63, 3.8) is 0 Å². The summed E-state index contributed by atoms with van der Waals surface area (Å²) in [5, 5.41) is 3.80. The molecule has 0 atom stereocenters. The molecule has 6 heteroatoms. The Morgan fingerprint density at radius 1 is 1.33 bits per heavy atom. The Labute approximate surface area is 122 Å². The number of anilines is 1. The lowest BCUT2D eigenvalue weighted by Crippen LogP contribution is -2.33. The minimum Gasteiger partial charge on any atom is -0.369 e. The van der Waals surface area contributed by atoms with Crippen LogP contribution in [0.5, 0.6) is 0 Å². The molecule has 0 bridgehead atoms. The number of imidazole rings is 1. The molecular weight excluding hydrogens is 266 g/mol. The fourth-order valence-electron chi connectivity index (χ4n) is 2.45. The minimum atomic E-state index is -0.0862. The van der Waals surface area contributed by atoms with Crippen molar-refractivity contribution in [1.82, 2.24) is 19.9 Å². The van der Waals surface area contributed by atoms with Crippen LogP contribution >= 0.6 is 0 Å². The first-order valence-corrected chi connectivity index (χ1v) is 6.85. The second kappa shape index (κ2) is 5.05. The van der Waals surface area contributed by atoms with Gasteiger partial charge in [-0.2, -0.15) is 0 Å². The summed E-state index contributed by atoms with van der Waals surface area (Å²) in [6, 6.07) is 7.84. The Morgan fingerprint density at radius 2 is 2.10 bits per heavy atom. The van der Waals surface area contributed by atoms with Gasteiger partial charge >= 0.3 is 0 Å². The van der Waals surface area contributed by atoms with Gasteiger partial charge in [0.1, 0.15) is 12.1 Å². The van der Waals surface area contributed by atoms with Gasteiger partial charge in [-0.05, 0) is 19.9 Å². The van der Waals surface area contributed by atoms with Crippen LogP contribution in [-0.2, 0) is 11.3 Å². The van der Waals surface area contributed by atoms with E-state index < -0.39 is 0 Å². The number of pyridine rings is 1. The van der Waals surface area contributed by atoms with E-state index in [2.05, 4.69) is 15.3 Å². The number of rotatable bonds is 3. The van der Waals surface area contributed by atoms with Crippen molar-refractivity contribution in [2.45, 2.75) is 26.4 Å². The Hall–Kier alpha value is -2.63. The SMILES string of the molecule is CC(C)NC(=O)Cn1c(N)nc2cnc3ccccc3c21. The van der Waals surface area contributed by atoms with E-state index in [1.807, 2.05) is 38.1 Å². The molecule has 3 N–H and O–H groups in total. The van der Waals surface area contributed by atoms with E-state index in [0.717, 1.165) is 16.4 Å². The van der Waals surface area contributed by atoms with Crippen LogP contribution in [0.1, 0.15) is 13.8 Å². The number of nitrogens with two attached hydrogens (primary N) is 1. The zero-order chi connectivity index (χ0) is 15.0. The van der Waals surface area contributed by atoms with E-state index in [9.17, 15) is 4.79 Å². The number of fused-ring (bicyclic) bond motifs is 3. The van der Waals surface area contributed by atoms with Gasteiger partial charge in [0.05, 0.1) is 17.2 Å². The van der Waals surface area contributed by atoms with Gasteiger partial charge < -0.3 is 15.6 Å². The molecule has 3 rings (SSSR count). The smallest absolute Gasteiger partial charge is 0.240 e. The lowest BCUT2D eigenvalue weighted by atomic mass is 10.2. The Balaban J connectivity index is 2.15. The summed E-state index contributed by atoms with van der Waals surface area (Å²) in [5.74, 6) is 0.235. The highest BCUT2D eigenvalue weighted by Gasteiger charge is 2.15. The van der Waals surface area contributed by atoms with E-state index in [0.29, 0.717) is 11.5 Å². The molecule has 0 radical (unpaired) electrons. The average Bonchev–Trinajstić information content (AvgIpc) is 2.74. The minimum absolute atomic E-state index is 0.0862. The molecule has 1 amide bonds. The zero-order valence-corrected chi connectivity index (χ0v) is 12.0. The summed E-state index contributed by atoms with van der Waals surface area (Å²) >= 11 is 0. The van der Waals surface area contributed by atoms with E-state index in [1.165, 1.54) is 0 Å². The third-order valence-electron chi connectivity index (χ3n) is 3.26. The first-order chi connectivity index (χ1) is 10.1. The van der Waals surface area contributed by atoms with Crippen LogP contribution in [0.25, 0.3) is 21.9 Å². The summed E-state index contributed by atoms with van der Waals surface area (Å²) in [5.41, 5.74) is 8.37. The van der Waals surface area contributed by atoms with Crippen molar-refractivity contribution < 1.29 is 4.79 Å². The first kappa shape index (κ1) is 13.4. The third-order valence-corrected chi connectivity index (χ3v) is 3.26. The van der Waals surface area contributed by atoms with E-state index >= 15 is 0 Å². The molecule has 2 aromatic heterocycles. The van der Waals surface area contributed by atoms with E-state index in [-0.39, 0.29) is 18.5 Å². The predicted molar refractivity (Wildman–Crippen MR) is 82.7 cm³/mol. The van der Waals surface area contributed by atoms with Crippen molar-refractivity contribution in [2.75, 3.05) is 5.73 Å². The number of nitrogens with one attached hydrogen (secondary N) is 1. The highest BCUT2D eigenvalue weighted by atomic mass is 16.2. The second-order valence-corrected chi connectivity index (χ2v) is 5.29. The van der Waals surface area contributed by atoms with Crippen LogP contribution in [0, 0.1) is 0 Å². The number of nitrogens with zero attached hydrogens (tertiary/aromatic N) is 3. The van der Waals surface area contributed by atoms with Crippen LogP contribution in [0.3, 0.4) is 0 Å². The number of carbonyl (C=O) groups excluding carboxylic acids is 1. The molecular formula is C15H17N5O. The maximum Gasteiger partial charge on any atom is 0.240 e. The highest BCUT2D eigenvalue weighted by Crippen LogP contribution is 2.25. The first-order valence-electron chi connectivity index (χ1n) is 6.85. The molecule has 0 saturated carbocycles. The molecule has 108 valence electrons. The van der Waals surface area contributed by atoms with Crippen molar-refractivity contribution >= 4 is 33.8 Å². The van der Waals surface area contributed by atoms with Gasteiger partial charge in [-0.25, -0.2) is 4.98 Å². The van der Waals surface area contributed by atoms with Gasteiger partial charge in [0.2, 0.25) is 11.9 Å². The molecule has 2 heterocycles. The lowest BCUT2D eigenvalue weighted by molar-refractivity contribution is -0.122. The monoisotopic (exact) mass is 283 g/mol. The number of aromatic nitrogens is 3. The molecule has 0 fully saturated rings. The predicted octanol–water partition coefficient (Wildman–Crippen LogP) is 1.69. The molecule has 0 aliphatic rings. The number of hydrogen-bond acceptors (Lipinski definition) is 4. The quantitative estimate of drug-likeness (QED) is 0.766. The van der Waals surface area contributed by atoms with Crippen LogP contribution in [0.4, 0.5) is 5.95 Å². The standard InChI is InChI=1S/C15H17N5O/c1-9(2)18-13(21)8-20-14-10-5-3-4-6-11(10)17-7-12(14)19-15(20)16/h3-7,9H,8H2,1-2H3,(H2,16,19)(H,18,21). The van der Waals surface area contributed by atoms with E-state index in [4.69, 9.17) is 5.73 Å². The average molecular weight is 283 g/mol. The lowest BCUT2D eigenvalue weighted by Gasteiger charge is -2.11. The molecule has 21 heavy (non-hydrogen) atoms. The van der Waals surface area contributed by atoms with Gasteiger partial charge in [-0.3, -0.25) is 9.78 Å². The fraction of sp³-hybridized carbons (Fsp3) is 0.267. The van der Waals surface area contributed by atoms with Crippen molar-refractivity contribution in [2.24, 2.45) is 0 Å². The maximum absolute atomic E-state index is 12.0. The topological polar surface area (TPSA) is 85.8 Å². The number of nitrogen functional groups attached to an aromatic ring is 1. The van der Waals surface area contributed by atoms with Gasteiger partial charge in [0.15, 0.2) is 0 Å². The molecule has 3 aromatic rings. The Bertz CT molecular complexity index is 821. The molecule has 1 aromatic carbocycles.